The number of nitrogens with zero attached hydrogens (tertiary/aromatic N) is 1. The molecule has 5 nitrogen and oxygen atoms in total. The molecule has 27 heavy (non-hydrogen) atoms. The van der Waals surface area contributed by atoms with Crippen molar-refractivity contribution in [1.82, 2.24) is 4.90 Å². The molecular weight excluding hydrogens is 362 g/mol. The maximum Gasteiger partial charge on any atom is 0.241 e. The van der Waals surface area contributed by atoms with Crippen molar-refractivity contribution < 1.29 is 9.59 Å². The van der Waals surface area contributed by atoms with Crippen LogP contribution in [0.1, 0.15) is 19.8 Å². The summed E-state index contributed by atoms with van der Waals surface area (Å²) in [5.41, 5.74) is 1.40. The van der Waals surface area contributed by atoms with Gasteiger partial charge >= 0.3 is 0 Å². The molecule has 2 aromatic rings. The van der Waals surface area contributed by atoms with Crippen molar-refractivity contribution in [3.05, 3.63) is 59.6 Å². The number of carbonyl (C=O) groups is 2. The SMILES string of the molecule is CC(C(=O)Nc1ccccc1Cl)N1CCCC(C(=O)Nc2ccccc2)C1. The van der Waals surface area contributed by atoms with E-state index in [4.69, 9.17) is 11.6 Å². The fraction of sp³-hybridized carbons (Fsp3) is 0.333. The molecule has 0 aliphatic carbocycles. The van der Waals surface area contributed by atoms with Crippen LogP contribution < -0.4 is 10.6 Å². The van der Waals surface area contributed by atoms with E-state index >= 15 is 0 Å². The normalized spacial score (nSPS) is 18.5. The smallest absolute Gasteiger partial charge is 0.241 e. The molecule has 142 valence electrons. The first-order chi connectivity index (χ1) is 13.0. The Bertz CT molecular complexity index is 797. The van der Waals surface area contributed by atoms with Gasteiger partial charge in [-0.25, -0.2) is 0 Å². The predicted octanol–water partition coefficient (Wildman–Crippen LogP) is 4.02. The lowest BCUT2D eigenvalue weighted by Gasteiger charge is -2.35. The van der Waals surface area contributed by atoms with Gasteiger partial charge in [0.2, 0.25) is 11.8 Å². The second-order valence-electron chi connectivity index (χ2n) is 6.83. The van der Waals surface area contributed by atoms with E-state index in [1.54, 1.807) is 12.1 Å². The molecule has 1 fully saturated rings. The zero-order valence-electron chi connectivity index (χ0n) is 15.3. The molecule has 1 aliphatic heterocycles. The van der Waals surface area contributed by atoms with Crippen LogP contribution in [-0.2, 0) is 9.59 Å². The Kier molecular flexibility index (Phi) is 6.48. The summed E-state index contributed by atoms with van der Waals surface area (Å²) in [5.74, 6) is -0.244. The fourth-order valence-corrected chi connectivity index (χ4v) is 3.49. The lowest BCUT2D eigenvalue weighted by molar-refractivity contribution is -0.125. The van der Waals surface area contributed by atoms with Crippen molar-refractivity contribution in [3.8, 4) is 0 Å². The molecule has 3 rings (SSSR count). The minimum Gasteiger partial charge on any atom is -0.326 e. The molecule has 0 aromatic heterocycles. The van der Waals surface area contributed by atoms with Gasteiger partial charge in [0.15, 0.2) is 0 Å². The van der Waals surface area contributed by atoms with E-state index in [9.17, 15) is 9.59 Å². The Labute approximate surface area is 164 Å². The number of likely N-dealkylation sites (tertiary alicyclic amines) is 1. The molecular formula is C21H24ClN3O2. The van der Waals surface area contributed by atoms with Gasteiger partial charge in [0.25, 0.3) is 0 Å². The number of hydrogen-bond acceptors (Lipinski definition) is 3. The van der Waals surface area contributed by atoms with Gasteiger partial charge in [-0.05, 0) is 50.6 Å². The summed E-state index contributed by atoms with van der Waals surface area (Å²) in [6.45, 7) is 3.23. The van der Waals surface area contributed by atoms with Gasteiger partial charge in [-0.1, -0.05) is 41.9 Å². The number of carbonyl (C=O) groups excluding carboxylic acids is 2. The first kappa shape index (κ1) is 19.4. The number of anilines is 2. The molecule has 1 heterocycles. The summed E-state index contributed by atoms with van der Waals surface area (Å²) in [7, 11) is 0. The Morgan fingerprint density at radius 1 is 1.07 bits per heavy atom. The van der Waals surface area contributed by atoms with Crippen LogP contribution in [-0.4, -0.2) is 35.8 Å². The van der Waals surface area contributed by atoms with Crippen LogP contribution in [0.15, 0.2) is 54.6 Å². The number of amides is 2. The number of piperidine rings is 1. The number of hydrogen-bond donors (Lipinski definition) is 2. The van der Waals surface area contributed by atoms with Gasteiger partial charge in [-0.3, -0.25) is 14.5 Å². The third kappa shape index (κ3) is 5.08. The maximum absolute atomic E-state index is 12.6. The Morgan fingerprint density at radius 2 is 1.78 bits per heavy atom. The van der Waals surface area contributed by atoms with Gasteiger partial charge in [0.05, 0.1) is 22.7 Å². The highest BCUT2D eigenvalue weighted by Crippen LogP contribution is 2.23. The standard InChI is InChI=1S/C21H24ClN3O2/c1-15(20(26)24-19-12-6-5-11-18(19)22)25-13-7-8-16(14-25)21(27)23-17-9-3-2-4-10-17/h2-6,9-12,15-16H,7-8,13-14H2,1H3,(H,23,27)(H,24,26). The number of para-hydroxylation sites is 2. The maximum atomic E-state index is 12.6. The molecule has 2 amide bonds. The number of benzene rings is 2. The summed E-state index contributed by atoms with van der Waals surface area (Å²) in [6.07, 6.45) is 1.71. The van der Waals surface area contributed by atoms with E-state index in [1.165, 1.54) is 0 Å². The highest BCUT2D eigenvalue weighted by molar-refractivity contribution is 6.33. The second kappa shape index (κ2) is 9.02. The van der Waals surface area contributed by atoms with E-state index in [0.717, 1.165) is 25.1 Å². The first-order valence-electron chi connectivity index (χ1n) is 9.20. The molecule has 6 heteroatoms. The van der Waals surface area contributed by atoms with Crippen molar-refractivity contribution in [2.75, 3.05) is 23.7 Å². The highest BCUT2D eigenvalue weighted by Gasteiger charge is 2.31. The number of halogens is 1. The van der Waals surface area contributed by atoms with Crippen LogP contribution in [0.5, 0.6) is 0 Å². The molecule has 0 saturated carbocycles. The van der Waals surface area contributed by atoms with E-state index in [1.807, 2.05) is 49.4 Å². The lowest BCUT2D eigenvalue weighted by Crippen LogP contribution is -2.49. The Morgan fingerprint density at radius 3 is 2.52 bits per heavy atom. The summed E-state index contributed by atoms with van der Waals surface area (Å²) in [4.78, 5) is 27.3. The molecule has 0 bridgehead atoms. The van der Waals surface area contributed by atoms with Crippen molar-refractivity contribution in [3.63, 3.8) is 0 Å². The molecule has 0 radical (unpaired) electrons. The van der Waals surface area contributed by atoms with Crippen molar-refractivity contribution in [2.24, 2.45) is 5.92 Å². The Balaban J connectivity index is 1.59. The minimum absolute atomic E-state index is 0.00427. The van der Waals surface area contributed by atoms with Crippen molar-refractivity contribution >= 4 is 34.8 Å². The Hall–Kier alpha value is -2.37. The molecule has 2 N–H and O–H groups in total. The van der Waals surface area contributed by atoms with Crippen LogP contribution in [0, 0.1) is 5.92 Å². The van der Waals surface area contributed by atoms with Gasteiger partial charge in [0.1, 0.15) is 0 Å². The average Bonchev–Trinajstić information content (AvgIpc) is 2.70. The molecule has 2 unspecified atom stereocenters. The van der Waals surface area contributed by atoms with Crippen LogP contribution in [0.4, 0.5) is 11.4 Å². The van der Waals surface area contributed by atoms with Crippen LogP contribution in [0.3, 0.4) is 0 Å². The van der Waals surface area contributed by atoms with Crippen LogP contribution >= 0.6 is 11.6 Å². The monoisotopic (exact) mass is 385 g/mol. The highest BCUT2D eigenvalue weighted by atomic mass is 35.5. The second-order valence-corrected chi connectivity index (χ2v) is 7.24. The minimum atomic E-state index is -0.339. The predicted molar refractivity (Wildman–Crippen MR) is 109 cm³/mol. The van der Waals surface area contributed by atoms with Crippen LogP contribution in [0.25, 0.3) is 0 Å². The quantitative estimate of drug-likeness (QED) is 0.817. The van der Waals surface area contributed by atoms with Crippen molar-refractivity contribution in [2.45, 2.75) is 25.8 Å². The van der Waals surface area contributed by atoms with E-state index < -0.39 is 0 Å². The molecule has 2 aromatic carbocycles. The average molecular weight is 386 g/mol. The third-order valence-corrected chi connectivity index (χ3v) is 5.25. The van der Waals surface area contributed by atoms with Gasteiger partial charge in [0, 0.05) is 12.2 Å². The molecule has 1 saturated heterocycles. The zero-order chi connectivity index (χ0) is 19.2. The molecule has 0 spiro atoms. The van der Waals surface area contributed by atoms with Crippen LogP contribution in [0.2, 0.25) is 5.02 Å². The van der Waals surface area contributed by atoms with E-state index in [0.29, 0.717) is 17.3 Å². The molecule has 2 atom stereocenters. The summed E-state index contributed by atoms with van der Waals surface area (Å²) in [6, 6.07) is 16.3. The lowest BCUT2D eigenvalue weighted by atomic mass is 9.95. The largest absolute Gasteiger partial charge is 0.326 e. The van der Waals surface area contributed by atoms with Gasteiger partial charge < -0.3 is 10.6 Å². The van der Waals surface area contributed by atoms with E-state index in [-0.39, 0.29) is 23.8 Å². The summed E-state index contributed by atoms with van der Waals surface area (Å²) < 4.78 is 0. The van der Waals surface area contributed by atoms with Gasteiger partial charge in [-0.15, -0.1) is 0 Å². The third-order valence-electron chi connectivity index (χ3n) is 4.92. The number of rotatable bonds is 5. The summed E-state index contributed by atoms with van der Waals surface area (Å²) in [5, 5.41) is 6.35. The topological polar surface area (TPSA) is 61.4 Å². The number of nitrogens with one attached hydrogen (secondary N) is 2. The zero-order valence-corrected chi connectivity index (χ0v) is 16.1. The molecule has 1 aliphatic rings. The first-order valence-corrected chi connectivity index (χ1v) is 9.58. The fourth-order valence-electron chi connectivity index (χ4n) is 3.30. The van der Waals surface area contributed by atoms with Crippen molar-refractivity contribution in [1.29, 1.82) is 0 Å². The summed E-state index contributed by atoms with van der Waals surface area (Å²) >= 11 is 6.12. The van der Waals surface area contributed by atoms with Gasteiger partial charge in [-0.2, -0.15) is 0 Å². The van der Waals surface area contributed by atoms with E-state index in [2.05, 4.69) is 15.5 Å².